The zero-order valence-corrected chi connectivity index (χ0v) is 10.1. The lowest BCUT2D eigenvalue weighted by molar-refractivity contribution is 0.0471. The first-order valence-corrected chi connectivity index (χ1v) is 5.68. The Morgan fingerprint density at radius 2 is 2.15 bits per heavy atom. The van der Waals surface area contributed by atoms with E-state index in [-0.39, 0.29) is 6.42 Å². The third-order valence-corrected chi connectivity index (χ3v) is 3.20. The summed E-state index contributed by atoms with van der Waals surface area (Å²) in [7, 11) is 0. The van der Waals surface area contributed by atoms with Crippen LogP contribution in [0.4, 0.5) is 9.18 Å². The first-order chi connectivity index (χ1) is 9.38. The predicted molar refractivity (Wildman–Crippen MR) is 61.7 cm³/mol. The van der Waals surface area contributed by atoms with Crippen molar-refractivity contribution >= 4 is 6.09 Å². The molecule has 20 heavy (non-hydrogen) atoms. The number of carbonyl (C=O) groups is 1. The van der Waals surface area contributed by atoms with Crippen molar-refractivity contribution in [3.8, 4) is 0 Å². The molecule has 4 N–H and O–H groups in total. The molecule has 9 nitrogen and oxygen atoms in total. The number of hydrogen-bond acceptors (Lipinski definition) is 5. The second-order valence-corrected chi connectivity index (χ2v) is 4.36. The largest absolute Gasteiger partial charge is 0.465 e. The number of aliphatic hydroxyl groups is 2. The summed E-state index contributed by atoms with van der Waals surface area (Å²) < 4.78 is 13.5. The highest BCUT2D eigenvalue weighted by Gasteiger charge is 2.45. The molecule has 1 saturated heterocycles. The molecule has 0 aliphatic carbocycles. The van der Waals surface area contributed by atoms with Crippen LogP contribution >= 0.6 is 0 Å². The summed E-state index contributed by atoms with van der Waals surface area (Å²) in [6, 6.07) is -0.984. The van der Waals surface area contributed by atoms with Gasteiger partial charge in [0, 0.05) is 12.6 Å². The van der Waals surface area contributed by atoms with Gasteiger partial charge in [-0.1, -0.05) is 0 Å². The first-order valence-electron chi connectivity index (χ1n) is 5.68. The van der Waals surface area contributed by atoms with Crippen molar-refractivity contribution in [1.29, 1.82) is 0 Å². The van der Waals surface area contributed by atoms with Gasteiger partial charge in [-0.3, -0.25) is 9.69 Å². The Morgan fingerprint density at radius 1 is 1.50 bits per heavy atom. The van der Waals surface area contributed by atoms with Crippen LogP contribution in [0.3, 0.4) is 0 Å². The van der Waals surface area contributed by atoms with Crippen molar-refractivity contribution in [1.82, 2.24) is 14.5 Å². The average Bonchev–Trinajstić information content (AvgIpc) is 2.72. The Bertz CT molecular complexity index is 641. The lowest BCUT2D eigenvalue weighted by Gasteiger charge is -2.27. The zero-order chi connectivity index (χ0) is 15.0. The van der Waals surface area contributed by atoms with E-state index in [1.807, 2.05) is 4.98 Å². The molecule has 10 heteroatoms. The Morgan fingerprint density at radius 3 is 2.70 bits per heavy atom. The first kappa shape index (κ1) is 14.2. The van der Waals surface area contributed by atoms with Crippen LogP contribution in [0.25, 0.3) is 0 Å². The van der Waals surface area contributed by atoms with Gasteiger partial charge in [0.25, 0.3) is 5.56 Å². The van der Waals surface area contributed by atoms with Crippen LogP contribution in [0.5, 0.6) is 0 Å². The molecule has 0 saturated carbocycles. The van der Waals surface area contributed by atoms with Crippen LogP contribution in [0, 0.1) is 5.82 Å². The summed E-state index contributed by atoms with van der Waals surface area (Å²) >= 11 is 0. The van der Waals surface area contributed by atoms with E-state index in [9.17, 15) is 23.9 Å². The van der Waals surface area contributed by atoms with Gasteiger partial charge in [-0.2, -0.15) is 4.39 Å². The summed E-state index contributed by atoms with van der Waals surface area (Å²) in [4.78, 5) is 37.0. The number of rotatable bonds is 2. The van der Waals surface area contributed by atoms with E-state index in [4.69, 9.17) is 10.2 Å². The van der Waals surface area contributed by atoms with Gasteiger partial charge in [-0.15, -0.1) is 0 Å². The number of carboxylic acid groups (broad SMARTS) is 1. The highest BCUT2D eigenvalue weighted by atomic mass is 19.1. The maximum Gasteiger partial charge on any atom is 0.409 e. The normalized spacial score (nSPS) is 25.9. The number of hydrogen-bond donors (Lipinski definition) is 4. The Balaban J connectivity index is 2.61. The molecule has 1 amide bonds. The number of aliphatic hydroxyl groups excluding tert-OH is 2. The zero-order valence-electron chi connectivity index (χ0n) is 10.1. The van der Waals surface area contributed by atoms with Gasteiger partial charge in [0.05, 0.1) is 18.8 Å². The minimum Gasteiger partial charge on any atom is -0.465 e. The monoisotopic (exact) mass is 289 g/mol. The fraction of sp³-hybridized carbons (Fsp3) is 0.500. The molecule has 1 fully saturated rings. The van der Waals surface area contributed by atoms with Crippen molar-refractivity contribution in [3.05, 3.63) is 32.9 Å². The molecular formula is C10H12FN3O6. The van der Waals surface area contributed by atoms with Gasteiger partial charge in [0.1, 0.15) is 6.17 Å². The third kappa shape index (κ3) is 2.08. The smallest absolute Gasteiger partial charge is 0.409 e. The Kier molecular flexibility index (Phi) is 3.59. The van der Waals surface area contributed by atoms with Gasteiger partial charge < -0.3 is 20.3 Å². The number of halogens is 1. The standard InChI is InChI=1S/C10H12FN3O6/c11-5-2-12-9(18)14(8(5)17)7-6(16)1-4(3-15)13(7)10(19)20/h2,4,6-7,15-16H,1,3H2,(H,12,18)(H,19,20). The van der Waals surface area contributed by atoms with Gasteiger partial charge >= 0.3 is 11.8 Å². The van der Waals surface area contributed by atoms with Crippen LogP contribution in [-0.4, -0.2) is 54.6 Å². The molecule has 1 aromatic heterocycles. The lowest BCUT2D eigenvalue weighted by Crippen LogP contribution is -2.50. The number of aromatic nitrogens is 2. The van der Waals surface area contributed by atoms with Crippen LogP contribution in [-0.2, 0) is 0 Å². The molecule has 0 spiro atoms. The molecule has 1 aliphatic heterocycles. The molecule has 0 bridgehead atoms. The molecule has 2 heterocycles. The van der Waals surface area contributed by atoms with Crippen molar-refractivity contribution in [3.63, 3.8) is 0 Å². The summed E-state index contributed by atoms with van der Waals surface area (Å²) in [6.07, 6.45) is -4.16. The van der Waals surface area contributed by atoms with Gasteiger partial charge in [-0.05, 0) is 0 Å². The topological polar surface area (TPSA) is 136 Å². The van der Waals surface area contributed by atoms with Crippen LogP contribution < -0.4 is 11.2 Å². The number of aromatic amines is 1. The summed E-state index contributed by atoms with van der Waals surface area (Å²) in [6.45, 7) is -0.595. The number of amides is 1. The van der Waals surface area contributed by atoms with E-state index in [1.54, 1.807) is 0 Å². The van der Waals surface area contributed by atoms with E-state index in [0.29, 0.717) is 15.7 Å². The molecule has 110 valence electrons. The molecular weight excluding hydrogens is 277 g/mol. The van der Waals surface area contributed by atoms with Crippen LogP contribution in [0.15, 0.2) is 15.8 Å². The summed E-state index contributed by atoms with van der Waals surface area (Å²) in [5.74, 6) is -1.28. The summed E-state index contributed by atoms with van der Waals surface area (Å²) in [5.41, 5.74) is -2.40. The Hall–Kier alpha value is -2.20. The summed E-state index contributed by atoms with van der Waals surface area (Å²) in [5, 5.41) is 28.0. The van der Waals surface area contributed by atoms with Gasteiger partial charge in [0.15, 0.2) is 0 Å². The highest BCUT2D eigenvalue weighted by Crippen LogP contribution is 2.30. The Labute approximate surface area is 110 Å². The quantitative estimate of drug-likeness (QED) is 0.511. The maximum absolute atomic E-state index is 13.2. The van der Waals surface area contributed by atoms with Crippen LogP contribution in [0.2, 0.25) is 0 Å². The molecule has 3 atom stereocenters. The average molecular weight is 289 g/mol. The number of nitrogens with zero attached hydrogens (tertiary/aromatic N) is 2. The lowest BCUT2D eigenvalue weighted by atomic mass is 10.2. The van der Waals surface area contributed by atoms with E-state index in [1.165, 1.54) is 0 Å². The van der Waals surface area contributed by atoms with Crippen LogP contribution in [0.1, 0.15) is 12.6 Å². The van der Waals surface area contributed by atoms with Gasteiger partial charge in [-0.25, -0.2) is 14.2 Å². The molecule has 0 aromatic carbocycles. The predicted octanol–water partition coefficient (Wildman–Crippen LogP) is -1.72. The van der Waals surface area contributed by atoms with E-state index < -0.39 is 48.1 Å². The molecule has 1 aliphatic rings. The number of H-pyrrole nitrogens is 1. The van der Waals surface area contributed by atoms with Crippen molar-refractivity contribution in [2.75, 3.05) is 6.61 Å². The third-order valence-electron chi connectivity index (χ3n) is 3.20. The number of likely N-dealkylation sites (tertiary alicyclic amines) is 1. The van der Waals surface area contributed by atoms with Crippen molar-refractivity contribution in [2.45, 2.75) is 24.7 Å². The van der Waals surface area contributed by atoms with Crippen molar-refractivity contribution < 1.29 is 24.5 Å². The van der Waals surface area contributed by atoms with E-state index >= 15 is 0 Å². The molecule has 2 rings (SSSR count). The van der Waals surface area contributed by atoms with Crippen molar-refractivity contribution in [2.24, 2.45) is 0 Å². The minimum atomic E-state index is -1.59. The SMILES string of the molecule is O=C(O)N1C(CO)CC(O)C1n1c(=O)[nH]cc(F)c1=O. The molecule has 1 aromatic rings. The second-order valence-electron chi connectivity index (χ2n) is 4.36. The highest BCUT2D eigenvalue weighted by molar-refractivity contribution is 5.66. The minimum absolute atomic E-state index is 0.171. The fourth-order valence-corrected chi connectivity index (χ4v) is 2.35. The number of nitrogens with one attached hydrogen (secondary N) is 1. The van der Waals surface area contributed by atoms with E-state index in [0.717, 1.165) is 0 Å². The molecule has 3 unspecified atom stereocenters. The maximum atomic E-state index is 13.2. The fourth-order valence-electron chi connectivity index (χ4n) is 2.35. The van der Waals surface area contributed by atoms with Gasteiger partial charge in [0.2, 0.25) is 5.82 Å². The van der Waals surface area contributed by atoms with E-state index in [2.05, 4.69) is 0 Å². The molecule has 0 radical (unpaired) electrons. The second kappa shape index (κ2) is 5.06.